The van der Waals surface area contributed by atoms with E-state index in [9.17, 15) is 4.79 Å². The fraction of sp³-hybridized carbons (Fsp3) is 0.750. The third-order valence-corrected chi connectivity index (χ3v) is 2.29. The third-order valence-electron chi connectivity index (χ3n) is 2.29. The minimum Gasteiger partial charge on any atom is -0.481 e. The van der Waals surface area contributed by atoms with Gasteiger partial charge < -0.3 is 5.11 Å². The maximum Gasteiger partial charge on any atom is 0.307 e. The lowest BCUT2D eigenvalue weighted by molar-refractivity contribution is -0.142. The molecule has 6 nitrogen and oxygen atoms in total. The van der Waals surface area contributed by atoms with Crippen molar-refractivity contribution in [3.8, 4) is 0 Å². The molecule has 6 heteroatoms. The molecule has 0 fully saturated rings. The summed E-state index contributed by atoms with van der Waals surface area (Å²) in [5.41, 5.74) is 0. The first-order valence-corrected chi connectivity index (χ1v) is 4.63. The number of H-pyrrole nitrogens is 1. The van der Waals surface area contributed by atoms with Gasteiger partial charge in [-0.15, -0.1) is 10.2 Å². The lowest BCUT2D eigenvalue weighted by Crippen LogP contribution is -2.21. The Hall–Kier alpha value is -1.46. The Bertz CT molecular complexity index is 286. The number of carboxylic acids is 1. The Morgan fingerprint density at radius 1 is 1.64 bits per heavy atom. The number of hydrogen-bond donors (Lipinski definition) is 2. The number of hydrogen-bond acceptors (Lipinski definition) is 4. The van der Waals surface area contributed by atoms with E-state index in [1.165, 1.54) is 0 Å². The van der Waals surface area contributed by atoms with E-state index < -0.39 is 11.9 Å². The predicted octanol–water partition coefficient (Wildman–Crippen LogP) is 0.804. The van der Waals surface area contributed by atoms with Gasteiger partial charge in [0.25, 0.3) is 0 Å². The van der Waals surface area contributed by atoms with Gasteiger partial charge in [-0.25, -0.2) is 0 Å². The van der Waals surface area contributed by atoms with Gasteiger partial charge in [-0.1, -0.05) is 25.5 Å². The second-order valence-corrected chi connectivity index (χ2v) is 3.29. The first-order valence-electron chi connectivity index (χ1n) is 4.63. The van der Waals surface area contributed by atoms with E-state index in [1.54, 1.807) is 6.92 Å². The summed E-state index contributed by atoms with van der Waals surface area (Å²) in [5, 5.41) is 22.3. The number of nitrogens with one attached hydrogen (secondary N) is 1. The summed E-state index contributed by atoms with van der Waals surface area (Å²) in [6.45, 7) is 3.76. The van der Waals surface area contributed by atoms with Gasteiger partial charge in [0.1, 0.15) is 0 Å². The van der Waals surface area contributed by atoms with Crippen LogP contribution in [-0.4, -0.2) is 31.7 Å². The molecule has 0 aliphatic heterocycles. The summed E-state index contributed by atoms with van der Waals surface area (Å²) >= 11 is 0. The van der Waals surface area contributed by atoms with Crippen molar-refractivity contribution in [2.75, 3.05) is 0 Å². The van der Waals surface area contributed by atoms with Crippen molar-refractivity contribution >= 4 is 5.97 Å². The van der Waals surface area contributed by atoms with Crippen LogP contribution >= 0.6 is 0 Å². The largest absolute Gasteiger partial charge is 0.481 e. The molecule has 14 heavy (non-hydrogen) atoms. The number of rotatable bonds is 5. The number of carbonyl (C=O) groups is 1. The first kappa shape index (κ1) is 10.6. The average molecular weight is 198 g/mol. The zero-order valence-corrected chi connectivity index (χ0v) is 8.27. The number of nitrogens with zero attached hydrogens (tertiary/aromatic N) is 3. The first-order chi connectivity index (χ1) is 6.66. The van der Waals surface area contributed by atoms with Gasteiger partial charge in [0.05, 0.1) is 5.92 Å². The average Bonchev–Trinajstić information content (AvgIpc) is 2.65. The fourth-order valence-corrected chi connectivity index (χ4v) is 1.44. The van der Waals surface area contributed by atoms with Crippen LogP contribution in [0.25, 0.3) is 0 Å². The van der Waals surface area contributed by atoms with Crippen LogP contribution in [0.5, 0.6) is 0 Å². The number of aromatic amines is 1. The molecule has 0 bridgehead atoms. The Labute approximate surface area is 81.7 Å². The van der Waals surface area contributed by atoms with Crippen molar-refractivity contribution in [2.45, 2.75) is 32.6 Å². The Balaban J connectivity index is 2.73. The highest BCUT2D eigenvalue weighted by atomic mass is 16.4. The number of aliphatic carboxylic acids is 1. The Morgan fingerprint density at radius 3 is 2.79 bits per heavy atom. The third kappa shape index (κ3) is 2.27. The molecular formula is C8H14N4O2. The molecule has 1 aromatic rings. The van der Waals surface area contributed by atoms with Crippen molar-refractivity contribution in [2.24, 2.45) is 5.92 Å². The number of carboxylic acid groups (broad SMARTS) is 1. The molecule has 0 aliphatic rings. The van der Waals surface area contributed by atoms with Gasteiger partial charge in [0.15, 0.2) is 5.82 Å². The lowest BCUT2D eigenvalue weighted by atomic mass is 9.89. The van der Waals surface area contributed by atoms with E-state index in [0.29, 0.717) is 12.2 Å². The van der Waals surface area contributed by atoms with E-state index in [2.05, 4.69) is 20.6 Å². The van der Waals surface area contributed by atoms with Crippen LogP contribution in [0.1, 0.15) is 38.4 Å². The summed E-state index contributed by atoms with van der Waals surface area (Å²) in [7, 11) is 0. The highest BCUT2D eigenvalue weighted by Gasteiger charge is 2.27. The van der Waals surface area contributed by atoms with E-state index in [-0.39, 0.29) is 5.92 Å². The fourth-order valence-electron chi connectivity index (χ4n) is 1.44. The molecule has 1 aromatic heterocycles. The molecule has 0 radical (unpaired) electrons. The van der Waals surface area contributed by atoms with Crippen LogP contribution in [0.3, 0.4) is 0 Å². The summed E-state index contributed by atoms with van der Waals surface area (Å²) in [4.78, 5) is 10.9. The molecule has 0 saturated heterocycles. The van der Waals surface area contributed by atoms with Crippen molar-refractivity contribution in [1.82, 2.24) is 20.6 Å². The molecule has 0 saturated carbocycles. The molecule has 0 unspecified atom stereocenters. The number of aromatic nitrogens is 4. The van der Waals surface area contributed by atoms with Crippen LogP contribution in [0.15, 0.2) is 0 Å². The van der Waals surface area contributed by atoms with Crippen LogP contribution < -0.4 is 0 Å². The van der Waals surface area contributed by atoms with E-state index in [1.807, 2.05) is 6.92 Å². The Kier molecular flexibility index (Phi) is 3.55. The topological polar surface area (TPSA) is 91.8 Å². The van der Waals surface area contributed by atoms with Crippen molar-refractivity contribution in [3.05, 3.63) is 5.82 Å². The molecule has 2 N–H and O–H groups in total. The van der Waals surface area contributed by atoms with Crippen LogP contribution in [0.4, 0.5) is 0 Å². The summed E-state index contributed by atoms with van der Waals surface area (Å²) in [6, 6.07) is 0. The summed E-state index contributed by atoms with van der Waals surface area (Å²) in [6.07, 6.45) is 1.46. The second kappa shape index (κ2) is 4.69. The highest BCUT2D eigenvalue weighted by Crippen LogP contribution is 2.24. The van der Waals surface area contributed by atoms with Gasteiger partial charge >= 0.3 is 5.97 Å². The predicted molar refractivity (Wildman–Crippen MR) is 48.6 cm³/mol. The monoisotopic (exact) mass is 198 g/mol. The van der Waals surface area contributed by atoms with E-state index in [0.717, 1.165) is 6.42 Å². The smallest absolute Gasteiger partial charge is 0.307 e. The molecule has 1 heterocycles. The summed E-state index contributed by atoms with van der Waals surface area (Å²) in [5.74, 6) is -0.973. The quantitative estimate of drug-likeness (QED) is 0.730. The molecular weight excluding hydrogens is 184 g/mol. The molecule has 0 amide bonds. The zero-order valence-electron chi connectivity index (χ0n) is 8.27. The van der Waals surface area contributed by atoms with Crippen LogP contribution in [0.2, 0.25) is 0 Å². The van der Waals surface area contributed by atoms with Gasteiger partial charge in [-0.2, -0.15) is 5.21 Å². The molecule has 1 rings (SSSR count). The van der Waals surface area contributed by atoms with E-state index in [4.69, 9.17) is 5.11 Å². The van der Waals surface area contributed by atoms with Gasteiger partial charge in [-0.3, -0.25) is 4.79 Å². The van der Waals surface area contributed by atoms with Gasteiger partial charge in [0.2, 0.25) is 0 Å². The van der Waals surface area contributed by atoms with Gasteiger partial charge in [-0.05, 0) is 6.42 Å². The van der Waals surface area contributed by atoms with Crippen molar-refractivity contribution in [3.63, 3.8) is 0 Å². The van der Waals surface area contributed by atoms with Crippen molar-refractivity contribution in [1.29, 1.82) is 0 Å². The minimum absolute atomic E-state index is 0.203. The molecule has 0 aromatic carbocycles. The minimum atomic E-state index is -0.802. The lowest BCUT2D eigenvalue weighted by Gasteiger charge is -2.15. The molecule has 0 aliphatic carbocycles. The molecule has 0 spiro atoms. The van der Waals surface area contributed by atoms with Crippen LogP contribution in [-0.2, 0) is 4.79 Å². The molecule has 78 valence electrons. The van der Waals surface area contributed by atoms with Crippen LogP contribution in [0, 0.1) is 5.92 Å². The standard InChI is InChI=1S/C8H14N4O2/c1-3-4-6(8(13)14)5(2)7-9-11-12-10-7/h5-6H,3-4H2,1-2H3,(H,13,14)(H,9,10,11,12)/t5-,6-/m0/s1. The highest BCUT2D eigenvalue weighted by molar-refractivity contribution is 5.71. The second-order valence-electron chi connectivity index (χ2n) is 3.29. The SMILES string of the molecule is CCC[C@H](C(=O)O)[C@H](C)c1nn[nH]n1. The maximum atomic E-state index is 10.9. The van der Waals surface area contributed by atoms with Crippen molar-refractivity contribution < 1.29 is 9.90 Å². The summed E-state index contributed by atoms with van der Waals surface area (Å²) < 4.78 is 0. The zero-order chi connectivity index (χ0) is 10.6. The van der Waals surface area contributed by atoms with E-state index >= 15 is 0 Å². The maximum absolute atomic E-state index is 10.9. The van der Waals surface area contributed by atoms with Gasteiger partial charge in [0, 0.05) is 5.92 Å². The number of tetrazole rings is 1. The molecule has 2 atom stereocenters. The Morgan fingerprint density at radius 2 is 2.36 bits per heavy atom. The normalized spacial score (nSPS) is 15.0.